The fourth-order valence-electron chi connectivity index (χ4n) is 1.84. The summed E-state index contributed by atoms with van der Waals surface area (Å²) in [6.07, 6.45) is 7.69. The largest absolute Gasteiger partial charge is 0.273 e. The average molecular weight is 256 g/mol. The van der Waals surface area contributed by atoms with Gasteiger partial charge >= 0.3 is 0 Å². The predicted octanol–water partition coefficient (Wildman–Crippen LogP) is 2.93. The van der Waals surface area contributed by atoms with Crippen LogP contribution in [0.25, 0.3) is 0 Å². The Bertz CT molecular complexity index is 238. The lowest BCUT2D eigenvalue weighted by Gasteiger charge is -2.13. The Morgan fingerprint density at radius 1 is 0.889 bits per heavy atom. The second-order valence-electron chi connectivity index (χ2n) is 4.72. The van der Waals surface area contributed by atoms with Crippen LogP contribution < -0.4 is 10.9 Å². The SMILES string of the molecule is CCCCCCCC(=O)NNC(=O)C(CC)CC. The molecule has 106 valence electrons. The molecule has 0 heterocycles. The summed E-state index contributed by atoms with van der Waals surface area (Å²) in [6, 6.07) is 0. The van der Waals surface area contributed by atoms with Crippen molar-refractivity contribution in [1.82, 2.24) is 10.9 Å². The van der Waals surface area contributed by atoms with Gasteiger partial charge in [-0.15, -0.1) is 0 Å². The second kappa shape index (κ2) is 11.1. The van der Waals surface area contributed by atoms with Gasteiger partial charge in [0.2, 0.25) is 11.8 Å². The molecule has 0 saturated carbocycles. The van der Waals surface area contributed by atoms with Crippen LogP contribution in [-0.4, -0.2) is 11.8 Å². The van der Waals surface area contributed by atoms with Gasteiger partial charge in [0.1, 0.15) is 0 Å². The molecule has 0 aliphatic carbocycles. The zero-order chi connectivity index (χ0) is 13.8. The first-order valence-electron chi connectivity index (χ1n) is 7.24. The maximum absolute atomic E-state index is 11.6. The maximum Gasteiger partial charge on any atom is 0.241 e. The fourth-order valence-corrected chi connectivity index (χ4v) is 1.84. The number of hydrazine groups is 1. The molecule has 0 aromatic rings. The molecule has 18 heavy (non-hydrogen) atoms. The molecule has 0 radical (unpaired) electrons. The summed E-state index contributed by atoms with van der Waals surface area (Å²) < 4.78 is 0. The zero-order valence-corrected chi connectivity index (χ0v) is 12.1. The summed E-state index contributed by atoms with van der Waals surface area (Å²) >= 11 is 0. The van der Waals surface area contributed by atoms with E-state index in [1.165, 1.54) is 19.3 Å². The van der Waals surface area contributed by atoms with E-state index in [0.717, 1.165) is 25.7 Å². The van der Waals surface area contributed by atoms with Crippen molar-refractivity contribution in [3.05, 3.63) is 0 Å². The number of hydrogen-bond donors (Lipinski definition) is 2. The van der Waals surface area contributed by atoms with E-state index in [4.69, 9.17) is 0 Å². The average Bonchev–Trinajstić information content (AvgIpc) is 2.37. The Balaban J connectivity index is 3.60. The Morgan fingerprint density at radius 3 is 2.06 bits per heavy atom. The first kappa shape index (κ1) is 16.9. The van der Waals surface area contributed by atoms with Crippen molar-refractivity contribution in [2.24, 2.45) is 5.92 Å². The second-order valence-corrected chi connectivity index (χ2v) is 4.72. The molecular weight excluding hydrogens is 228 g/mol. The Hall–Kier alpha value is -1.06. The van der Waals surface area contributed by atoms with Crippen LogP contribution in [0.3, 0.4) is 0 Å². The number of rotatable bonds is 9. The predicted molar refractivity (Wildman–Crippen MR) is 73.7 cm³/mol. The van der Waals surface area contributed by atoms with Gasteiger partial charge < -0.3 is 0 Å². The van der Waals surface area contributed by atoms with Gasteiger partial charge in [0, 0.05) is 12.3 Å². The highest BCUT2D eigenvalue weighted by molar-refractivity contribution is 5.83. The molecule has 0 aromatic heterocycles. The number of carbonyl (C=O) groups excluding carboxylic acids is 2. The van der Waals surface area contributed by atoms with Crippen molar-refractivity contribution in [2.75, 3.05) is 0 Å². The Morgan fingerprint density at radius 2 is 1.50 bits per heavy atom. The van der Waals surface area contributed by atoms with Crippen LogP contribution in [0.2, 0.25) is 0 Å². The third-order valence-electron chi connectivity index (χ3n) is 3.19. The lowest BCUT2D eigenvalue weighted by molar-refractivity contribution is -0.131. The minimum Gasteiger partial charge on any atom is -0.273 e. The third kappa shape index (κ3) is 8.09. The van der Waals surface area contributed by atoms with Crippen LogP contribution >= 0.6 is 0 Å². The summed E-state index contributed by atoms with van der Waals surface area (Å²) in [4.78, 5) is 23.1. The van der Waals surface area contributed by atoms with Gasteiger partial charge in [0.05, 0.1) is 0 Å². The third-order valence-corrected chi connectivity index (χ3v) is 3.19. The molecule has 0 aliphatic rings. The Kier molecular flexibility index (Phi) is 10.4. The van der Waals surface area contributed by atoms with Gasteiger partial charge in [-0.25, -0.2) is 0 Å². The summed E-state index contributed by atoms with van der Waals surface area (Å²) in [6.45, 7) is 6.12. The van der Waals surface area contributed by atoms with Gasteiger partial charge in [-0.1, -0.05) is 46.5 Å². The van der Waals surface area contributed by atoms with E-state index in [1.807, 2.05) is 13.8 Å². The standard InChI is InChI=1S/C14H28N2O2/c1-4-7-8-9-10-11-13(17)15-16-14(18)12(5-2)6-3/h12H,4-11H2,1-3H3,(H,15,17)(H,16,18). The van der Waals surface area contributed by atoms with Crippen molar-refractivity contribution < 1.29 is 9.59 Å². The van der Waals surface area contributed by atoms with Crippen LogP contribution in [0.4, 0.5) is 0 Å². The van der Waals surface area contributed by atoms with Crippen molar-refractivity contribution in [3.8, 4) is 0 Å². The molecule has 0 saturated heterocycles. The quantitative estimate of drug-likeness (QED) is 0.492. The molecule has 0 aliphatic heterocycles. The van der Waals surface area contributed by atoms with E-state index in [2.05, 4.69) is 17.8 Å². The van der Waals surface area contributed by atoms with Crippen LogP contribution in [0.1, 0.15) is 72.1 Å². The highest BCUT2D eigenvalue weighted by Crippen LogP contribution is 2.06. The summed E-state index contributed by atoms with van der Waals surface area (Å²) in [5.41, 5.74) is 4.98. The van der Waals surface area contributed by atoms with Crippen LogP contribution in [0.15, 0.2) is 0 Å². The molecule has 0 unspecified atom stereocenters. The lowest BCUT2D eigenvalue weighted by atomic mass is 10.0. The smallest absolute Gasteiger partial charge is 0.241 e. The minimum absolute atomic E-state index is 0.00476. The zero-order valence-electron chi connectivity index (χ0n) is 12.1. The number of unbranched alkanes of at least 4 members (excludes halogenated alkanes) is 4. The van der Waals surface area contributed by atoms with Gasteiger partial charge in [-0.05, 0) is 19.3 Å². The molecule has 0 rings (SSSR count). The maximum atomic E-state index is 11.6. The summed E-state index contributed by atoms with van der Waals surface area (Å²) in [7, 11) is 0. The van der Waals surface area contributed by atoms with E-state index >= 15 is 0 Å². The van der Waals surface area contributed by atoms with E-state index in [0.29, 0.717) is 6.42 Å². The van der Waals surface area contributed by atoms with E-state index in [1.54, 1.807) is 0 Å². The highest BCUT2D eigenvalue weighted by atomic mass is 16.2. The van der Waals surface area contributed by atoms with Crippen LogP contribution in [-0.2, 0) is 9.59 Å². The van der Waals surface area contributed by atoms with Crippen molar-refractivity contribution in [2.45, 2.75) is 72.1 Å². The number of hydrogen-bond acceptors (Lipinski definition) is 2. The molecule has 0 atom stereocenters. The van der Waals surface area contributed by atoms with Crippen LogP contribution in [0.5, 0.6) is 0 Å². The van der Waals surface area contributed by atoms with Crippen molar-refractivity contribution in [3.63, 3.8) is 0 Å². The molecular formula is C14H28N2O2. The van der Waals surface area contributed by atoms with Gasteiger partial charge in [-0.2, -0.15) is 0 Å². The number of nitrogens with one attached hydrogen (secondary N) is 2. The molecule has 2 N–H and O–H groups in total. The van der Waals surface area contributed by atoms with Crippen molar-refractivity contribution >= 4 is 11.8 Å². The van der Waals surface area contributed by atoms with Gasteiger partial charge in [0.25, 0.3) is 0 Å². The monoisotopic (exact) mass is 256 g/mol. The molecule has 0 fully saturated rings. The van der Waals surface area contributed by atoms with Gasteiger partial charge in [-0.3, -0.25) is 20.4 Å². The molecule has 0 bridgehead atoms. The van der Waals surface area contributed by atoms with Crippen LogP contribution in [0, 0.1) is 5.92 Å². The molecule has 0 aromatic carbocycles. The normalized spacial score (nSPS) is 10.4. The van der Waals surface area contributed by atoms with Crippen molar-refractivity contribution in [1.29, 1.82) is 0 Å². The number of carbonyl (C=O) groups is 2. The fraction of sp³-hybridized carbons (Fsp3) is 0.857. The first-order valence-corrected chi connectivity index (χ1v) is 7.24. The van der Waals surface area contributed by atoms with E-state index in [9.17, 15) is 9.59 Å². The Labute approximate surface area is 111 Å². The topological polar surface area (TPSA) is 58.2 Å². The molecule has 4 heteroatoms. The van der Waals surface area contributed by atoms with E-state index in [-0.39, 0.29) is 17.7 Å². The molecule has 4 nitrogen and oxygen atoms in total. The highest BCUT2D eigenvalue weighted by Gasteiger charge is 2.14. The summed E-state index contributed by atoms with van der Waals surface area (Å²) in [5.74, 6) is -0.181. The summed E-state index contributed by atoms with van der Waals surface area (Å²) in [5, 5.41) is 0. The lowest BCUT2D eigenvalue weighted by Crippen LogP contribution is -2.44. The van der Waals surface area contributed by atoms with Gasteiger partial charge in [0.15, 0.2) is 0 Å². The molecule has 2 amide bonds. The van der Waals surface area contributed by atoms with E-state index < -0.39 is 0 Å². The first-order chi connectivity index (χ1) is 8.65. The molecule has 0 spiro atoms. The minimum atomic E-state index is -0.0918. The number of amides is 2.